The lowest BCUT2D eigenvalue weighted by Crippen LogP contribution is -2.58. The monoisotopic (exact) mass is 411 g/mol. The summed E-state index contributed by atoms with van der Waals surface area (Å²) in [7, 11) is -3.64. The fourth-order valence-electron chi connectivity index (χ4n) is 4.31. The predicted molar refractivity (Wildman–Crippen MR) is 106 cm³/mol. The van der Waals surface area contributed by atoms with E-state index in [0.717, 1.165) is 31.4 Å². The third-order valence-corrected chi connectivity index (χ3v) is 7.99. The molecule has 156 valence electrons. The minimum absolute atomic E-state index is 0.0995. The highest BCUT2D eigenvalue weighted by Gasteiger charge is 2.36. The first-order chi connectivity index (χ1) is 13.2. The molecular formula is C20H30FN3O3S. The van der Waals surface area contributed by atoms with Crippen molar-refractivity contribution in [1.29, 1.82) is 0 Å². The van der Waals surface area contributed by atoms with E-state index in [1.54, 1.807) is 0 Å². The fraction of sp³-hybridized carbons (Fsp3) is 0.650. The van der Waals surface area contributed by atoms with Crippen LogP contribution in [-0.2, 0) is 14.8 Å². The minimum atomic E-state index is -3.64. The van der Waals surface area contributed by atoms with Gasteiger partial charge in [0.15, 0.2) is 0 Å². The van der Waals surface area contributed by atoms with Gasteiger partial charge < -0.3 is 4.90 Å². The molecular weight excluding hydrogens is 381 g/mol. The van der Waals surface area contributed by atoms with Crippen molar-refractivity contribution >= 4 is 15.9 Å². The van der Waals surface area contributed by atoms with Crippen molar-refractivity contribution in [2.45, 2.75) is 63.1 Å². The van der Waals surface area contributed by atoms with Crippen LogP contribution in [0.1, 0.15) is 40.0 Å². The van der Waals surface area contributed by atoms with Crippen LogP contribution in [0.3, 0.4) is 0 Å². The van der Waals surface area contributed by atoms with Gasteiger partial charge in [-0.05, 0) is 64.3 Å². The van der Waals surface area contributed by atoms with Gasteiger partial charge in [-0.2, -0.15) is 4.31 Å². The number of sulfonamides is 1. The summed E-state index contributed by atoms with van der Waals surface area (Å²) in [6.45, 7) is 7.78. The molecule has 1 aromatic carbocycles. The number of carbonyl (C=O) groups excluding carboxylic acids is 1. The largest absolute Gasteiger partial charge is 0.336 e. The Kier molecular flexibility index (Phi) is 6.41. The van der Waals surface area contributed by atoms with Crippen molar-refractivity contribution in [2.24, 2.45) is 0 Å². The molecule has 2 saturated heterocycles. The van der Waals surface area contributed by atoms with Gasteiger partial charge in [-0.25, -0.2) is 12.8 Å². The lowest BCUT2D eigenvalue weighted by molar-refractivity contribution is -0.143. The molecule has 2 heterocycles. The lowest BCUT2D eigenvalue weighted by Gasteiger charge is -2.43. The molecule has 0 aromatic heterocycles. The van der Waals surface area contributed by atoms with Crippen molar-refractivity contribution in [2.75, 3.05) is 26.2 Å². The normalized spacial score (nSPS) is 26.2. The topological polar surface area (TPSA) is 60.9 Å². The van der Waals surface area contributed by atoms with Crippen molar-refractivity contribution in [1.82, 2.24) is 14.1 Å². The van der Waals surface area contributed by atoms with Gasteiger partial charge in [0.25, 0.3) is 0 Å². The highest BCUT2D eigenvalue weighted by molar-refractivity contribution is 7.89. The molecule has 0 spiro atoms. The Morgan fingerprint density at radius 3 is 2.11 bits per heavy atom. The van der Waals surface area contributed by atoms with E-state index in [4.69, 9.17) is 0 Å². The molecule has 0 N–H and O–H groups in total. The summed E-state index contributed by atoms with van der Waals surface area (Å²) in [5.41, 5.74) is 0. The Morgan fingerprint density at radius 2 is 1.57 bits per heavy atom. The molecule has 0 unspecified atom stereocenters. The summed E-state index contributed by atoms with van der Waals surface area (Å²) >= 11 is 0. The first-order valence-electron chi connectivity index (χ1n) is 10.0. The third kappa shape index (κ3) is 4.23. The van der Waals surface area contributed by atoms with E-state index in [1.165, 1.54) is 16.4 Å². The quantitative estimate of drug-likeness (QED) is 0.763. The highest BCUT2D eigenvalue weighted by atomic mass is 32.2. The van der Waals surface area contributed by atoms with Gasteiger partial charge in [-0.3, -0.25) is 9.69 Å². The van der Waals surface area contributed by atoms with Crippen molar-refractivity contribution in [3.8, 4) is 0 Å². The van der Waals surface area contributed by atoms with E-state index in [9.17, 15) is 17.6 Å². The number of hydrogen-bond acceptors (Lipinski definition) is 4. The summed E-state index contributed by atoms with van der Waals surface area (Å²) in [5, 5.41) is 0. The zero-order valence-electron chi connectivity index (χ0n) is 16.8. The number of carbonyl (C=O) groups is 1. The molecule has 0 bridgehead atoms. The molecule has 1 aromatic rings. The second-order valence-corrected chi connectivity index (χ2v) is 9.88. The Hall–Kier alpha value is -1.51. The maximum absolute atomic E-state index is 13.1. The number of piperidine rings is 1. The van der Waals surface area contributed by atoms with Gasteiger partial charge >= 0.3 is 0 Å². The van der Waals surface area contributed by atoms with E-state index in [-0.39, 0.29) is 28.9 Å². The Labute approximate surface area is 167 Å². The third-order valence-electron chi connectivity index (χ3n) is 6.08. The van der Waals surface area contributed by atoms with Gasteiger partial charge in [0, 0.05) is 38.3 Å². The molecule has 2 aliphatic rings. The number of nitrogens with zero attached hydrogens (tertiary/aromatic N) is 3. The molecule has 6 nitrogen and oxygen atoms in total. The Morgan fingerprint density at radius 1 is 1.04 bits per heavy atom. The predicted octanol–water partition coefficient (Wildman–Crippen LogP) is 2.31. The van der Waals surface area contributed by atoms with Gasteiger partial charge in [0.1, 0.15) is 5.82 Å². The lowest BCUT2D eigenvalue weighted by atomic mass is 9.96. The molecule has 2 fully saturated rings. The molecule has 8 heteroatoms. The van der Waals surface area contributed by atoms with E-state index in [2.05, 4.69) is 18.7 Å². The van der Waals surface area contributed by atoms with E-state index in [0.29, 0.717) is 26.2 Å². The molecule has 1 amide bonds. The summed E-state index contributed by atoms with van der Waals surface area (Å²) in [6.07, 6.45) is 3.22. The number of benzene rings is 1. The van der Waals surface area contributed by atoms with Gasteiger partial charge in [-0.15, -0.1) is 0 Å². The van der Waals surface area contributed by atoms with E-state index in [1.807, 2.05) is 11.8 Å². The molecule has 0 saturated carbocycles. The van der Waals surface area contributed by atoms with Crippen LogP contribution in [0.25, 0.3) is 0 Å². The van der Waals surface area contributed by atoms with E-state index >= 15 is 0 Å². The average Bonchev–Trinajstić information content (AvgIpc) is 2.67. The molecule has 3 atom stereocenters. The van der Waals surface area contributed by atoms with Crippen LogP contribution in [0, 0.1) is 5.82 Å². The Bertz CT molecular complexity index is 781. The van der Waals surface area contributed by atoms with Crippen LogP contribution in [0.4, 0.5) is 4.39 Å². The van der Waals surface area contributed by atoms with Crippen LogP contribution in [0.5, 0.6) is 0 Å². The molecule has 3 rings (SSSR count). The van der Waals surface area contributed by atoms with Crippen LogP contribution >= 0.6 is 0 Å². The Balaban J connectivity index is 1.63. The maximum atomic E-state index is 13.1. The summed E-state index contributed by atoms with van der Waals surface area (Å²) < 4.78 is 40.0. The zero-order valence-corrected chi connectivity index (χ0v) is 17.7. The molecule has 28 heavy (non-hydrogen) atoms. The maximum Gasteiger partial charge on any atom is 0.243 e. The second kappa shape index (κ2) is 8.47. The van der Waals surface area contributed by atoms with Crippen LogP contribution in [-0.4, -0.2) is 72.7 Å². The first kappa shape index (κ1) is 21.2. The number of rotatable bonds is 4. The summed E-state index contributed by atoms with van der Waals surface area (Å²) in [5.74, 6) is -0.327. The van der Waals surface area contributed by atoms with Gasteiger partial charge in [-0.1, -0.05) is 0 Å². The van der Waals surface area contributed by atoms with Crippen molar-refractivity contribution in [3.05, 3.63) is 30.1 Å². The minimum Gasteiger partial charge on any atom is -0.336 e. The molecule has 2 aliphatic heterocycles. The molecule has 0 aliphatic carbocycles. The standard InChI is InChI=1S/C20H30FN3O3S/c1-15-5-4-6-16(2)24(15)20(25)17(3)22-11-13-23(14-12-22)28(26,27)19-9-7-18(21)8-10-19/h7-10,15-17H,4-6,11-14H2,1-3H3/t15-,16-,17+/m0/s1. The van der Waals surface area contributed by atoms with Gasteiger partial charge in [0.2, 0.25) is 15.9 Å². The number of amides is 1. The average molecular weight is 412 g/mol. The second-order valence-electron chi connectivity index (χ2n) is 7.94. The van der Waals surface area contributed by atoms with E-state index < -0.39 is 15.8 Å². The highest BCUT2D eigenvalue weighted by Crippen LogP contribution is 2.25. The zero-order chi connectivity index (χ0) is 20.5. The smallest absolute Gasteiger partial charge is 0.243 e. The SMILES string of the molecule is C[C@H](C(=O)N1[C@@H](C)CCC[C@@H]1C)N1CCN(S(=O)(=O)c2ccc(F)cc2)CC1. The van der Waals surface area contributed by atoms with Crippen LogP contribution < -0.4 is 0 Å². The summed E-state index contributed by atoms with van der Waals surface area (Å²) in [4.78, 5) is 17.2. The fourth-order valence-corrected chi connectivity index (χ4v) is 5.74. The van der Waals surface area contributed by atoms with Gasteiger partial charge in [0.05, 0.1) is 10.9 Å². The summed E-state index contributed by atoms with van der Waals surface area (Å²) in [6, 6.07) is 5.14. The number of likely N-dealkylation sites (tertiary alicyclic amines) is 1. The number of halogens is 1. The van der Waals surface area contributed by atoms with Crippen molar-refractivity contribution in [3.63, 3.8) is 0 Å². The first-order valence-corrected chi connectivity index (χ1v) is 11.5. The molecule has 0 radical (unpaired) electrons. The van der Waals surface area contributed by atoms with Crippen LogP contribution in [0.2, 0.25) is 0 Å². The number of hydrogen-bond donors (Lipinski definition) is 0. The van der Waals surface area contributed by atoms with Crippen molar-refractivity contribution < 1.29 is 17.6 Å². The van der Waals surface area contributed by atoms with Crippen LogP contribution in [0.15, 0.2) is 29.2 Å². The number of piperazine rings is 1.